The summed E-state index contributed by atoms with van der Waals surface area (Å²) in [5, 5.41) is 4.45. The standard InChI is InChI=1S/C16H20N6O2/c1-6-8-21-12-13(19(5)16(24)20(7-2)14(12)23)17-15(21)22-11(4)9-10(3)18-22/h6,9H,1,7-8H2,2-5H3. The first-order valence-corrected chi connectivity index (χ1v) is 7.75. The summed E-state index contributed by atoms with van der Waals surface area (Å²) in [7, 11) is 1.62. The van der Waals surface area contributed by atoms with Crippen LogP contribution in [0.25, 0.3) is 17.1 Å². The summed E-state index contributed by atoms with van der Waals surface area (Å²) >= 11 is 0. The van der Waals surface area contributed by atoms with Crippen molar-refractivity contribution >= 4 is 11.2 Å². The smallest absolute Gasteiger partial charge is 0.299 e. The van der Waals surface area contributed by atoms with E-state index in [9.17, 15) is 9.59 Å². The van der Waals surface area contributed by atoms with E-state index < -0.39 is 0 Å². The molecular weight excluding hydrogens is 308 g/mol. The molecule has 0 N–H and O–H groups in total. The molecule has 3 aromatic heterocycles. The van der Waals surface area contributed by atoms with Gasteiger partial charge in [0.05, 0.1) is 5.69 Å². The van der Waals surface area contributed by atoms with Crippen LogP contribution < -0.4 is 11.2 Å². The molecule has 0 amide bonds. The van der Waals surface area contributed by atoms with Gasteiger partial charge in [-0.2, -0.15) is 10.1 Å². The number of aryl methyl sites for hydroxylation is 3. The molecule has 0 aliphatic rings. The average Bonchev–Trinajstić information content (AvgIpc) is 3.06. The van der Waals surface area contributed by atoms with Gasteiger partial charge in [-0.3, -0.25) is 18.5 Å². The molecule has 8 heteroatoms. The Balaban J connectivity index is 2.51. The zero-order valence-corrected chi connectivity index (χ0v) is 14.3. The second-order valence-corrected chi connectivity index (χ2v) is 5.71. The normalized spacial score (nSPS) is 11.3. The van der Waals surface area contributed by atoms with Gasteiger partial charge < -0.3 is 0 Å². The van der Waals surface area contributed by atoms with Crippen molar-refractivity contribution in [3.8, 4) is 5.95 Å². The number of hydrogen-bond donors (Lipinski definition) is 0. The lowest BCUT2D eigenvalue weighted by molar-refractivity contribution is 0.634. The van der Waals surface area contributed by atoms with Crippen molar-refractivity contribution < 1.29 is 0 Å². The first-order chi connectivity index (χ1) is 11.4. The predicted octanol–water partition coefficient (Wildman–Crippen LogP) is 0.905. The van der Waals surface area contributed by atoms with Crippen molar-refractivity contribution in [3.63, 3.8) is 0 Å². The maximum absolute atomic E-state index is 12.8. The summed E-state index contributed by atoms with van der Waals surface area (Å²) in [6.07, 6.45) is 1.69. The van der Waals surface area contributed by atoms with Crippen molar-refractivity contribution in [2.75, 3.05) is 0 Å². The number of nitrogens with zero attached hydrogens (tertiary/aromatic N) is 6. The lowest BCUT2D eigenvalue weighted by Gasteiger charge is -2.08. The van der Waals surface area contributed by atoms with Crippen molar-refractivity contribution in [2.45, 2.75) is 33.9 Å². The molecule has 3 rings (SSSR count). The Morgan fingerprint density at radius 1 is 1.25 bits per heavy atom. The highest BCUT2D eigenvalue weighted by atomic mass is 16.2. The predicted molar refractivity (Wildman–Crippen MR) is 91.7 cm³/mol. The van der Waals surface area contributed by atoms with Gasteiger partial charge in [-0.1, -0.05) is 6.08 Å². The van der Waals surface area contributed by atoms with Gasteiger partial charge in [0, 0.05) is 25.8 Å². The number of rotatable bonds is 4. The molecule has 8 nitrogen and oxygen atoms in total. The van der Waals surface area contributed by atoms with Gasteiger partial charge in [0.1, 0.15) is 0 Å². The fraction of sp³-hybridized carbons (Fsp3) is 0.375. The van der Waals surface area contributed by atoms with Gasteiger partial charge in [0.2, 0.25) is 5.95 Å². The summed E-state index contributed by atoms with van der Waals surface area (Å²) in [6.45, 7) is 10.0. The van der Waals surface area contributed by atoms with Crippen LogP contribution in [-0.2, 0) is 20.1 Å². The lowest BCUT2D eigenvalue weighted by atomic mass is 10.4. The maximum Gasteiger partial charge on any atom is 0.332 e. The molecule has 126 valence electrons. The number of hydrogen-bond acceptors (Lipinski definition) is 4. The molecule has 0 spiro atoms. The van der Waals surface area contributed by atoms with Crippen LogP contribution in [0.3, 0.4) is 0 Å². The molecule has 0 aromatic carbocycles. The summed E-state index contributed by atoms with van der Waals surface area (Å²) in [5.41, 5.74) is 1.75. The Bertz CT molecular complexity index is 1060. The Morgan fingerprint density at radius 2 is 1.96 bits per heavy atom. The molecule has 3 heterocycles. The van der Waals surface area contributed by atoms with Gasteiger partial charge >= 0.3 is 5.69 Å². The third kappa shape index (κ3) is 2.14. The van der Waals surface area contributed by atoms with Gasteiger partial charge in [0.15, 0.2) is 11.2 Å². The Hall–Kier alpha value is -2.90. The SMILES string of the molecule is C=CCn1c(-n2nc(C)cc2C)nc2c1c(=O)n(CC)c(=O)n2C. The number of aromatic nitrogens is 6. The number of allylic oxidation sites excluding steroid dienone is 1. The van der Waals surface area contributed by atoms with Gasteiger partial charge in [-0.05, 0) is 26.8 Å². The van der Waals surface area contributed by atoms with E-state index in [4.69, 9.17) is 0 Å². The van der Waals surface area contributed by atoms with Crippen LogP contribution in [0.2, 0.25) is 0 Å². The molecule has 0 saturated heterocycles. The molecule has 24 heavy (non-hydrogen) atoms. The van der Waals surface area contributed by atoms with Gasteiger partial charge in [-0.25, -0.2) is 9.48 Å². The van der Waals surface area contributed by atoms with E-state index >= 15 is 0 Å². The van der Waals surface area contributed by atoms with Crippen LogP contribution in [0, 0.1) is 13.8 Å². The summed E-state index contributed by atoms with van der Waals surface area (Å²) in [6, 6.07) is 1.93. The quantitative estimate of drug-likeness (QED) is 0.667. The summed E-state index contributed by atoms with van der Waals surface area (Å²) < 4.78 is 6.03. The third-order valence-electron chi connectivity index (χ3n) is 4.04. The molecule has 0 fully saturated rings. The highest BCUT2D eigenvalue weighted by Gasteiger charge is 2.21. The monoisotopic (exact) mass is 328 g/mol. The lowest BCUT2D eigenvalue weighted by Crippen LogP contribution is -2.39. The zero-order valence-electron chi connectivity index (χ0n) is 14.3. The second-order valence-electron chi connectivity index (χ2n) is 5.71. The van der Waals surface area contributed by atoms with Crippen LogP contribution in [0.5, 0.6) is 0 Å². The van der Waals surface area contributed by atoms with E-state index in [0.717, 1.165) is 11.4 Å². The summed E-state index contributed by atoms with van der Waals surface area (Å²) in [4.78, 5) is 29.7. The van der Waals surface area contributed by atoms with Crippen LogP contribution >= 0.6 is 0 Å². The molecule has 0 radical (unpaired) electrons. The van der Waals surface area contributed by atoms with Gasteiger partial charge in [0.25, 0.3) is 5.56 Å². The Labute approximate surface area is 138 Å². The van der Waals surface area contributed by atoms with Crippen molar-refractivity contribution in [1.29, 1.82) is 0 Å². The topological polar surface area (TPSA) is 79.6 Å². The van der Waals surface area contributed by atoms with E-state index in [1.54, 1.807) is 29.3 Å². The van der Waals surface area contributed by atoms with Crippen LogP contribution in [-0.4, -0.2) is 28.5 Å². The number of fused-ring (bicyclic) bond motifs is 1. The van der Waals surface area contributed by atoms with Crippen molar-refractivity contribution in [2.24, 2.45) is 7.05 Å². The molecule has 0 aliphatic heterocycles. The summed E-state index contributed by atoms with van der Waals surface area (Å²) in [5.74, 6) is 0.497. The molecule has 0 bridgehead atoms. The third-order valence-corrected chi connectivity index (χ3v) is 4.04. The molecule has 0 saturated carbocycles. The van der Waals surface area contributed by atoms with E-state index in [0.29, 0.717) is 30.2 Å². The van der Waals surface area contributed by atoms with Crippen LogP contribution in [0.15, 0.2) is 28.3 Å². The molecule has 0 atom stereocenters. The van der Waals surface area contributed by atoms with Crippen molar-refractivity contribution in [1.82, 2.24) is 28.5 Å². The van der Waals surface area contributed by atoms with Crippen LogP contribution in [0.1, 0.15) is 18.3 Å². The van der Waals surface area contributed by atoms with E-state index in [1.165, 1.54) is 9.13 Å². The molecule has 3 aromatic rings. The maximum atomic E-state index is 12.8. The second kappa shape index (κ2) is 5.63. The molecule has 0 aliphatic carbocycles. The highest BCUT2D eigenvalue weighted by molar-refractivity contribution is 5.72. The fourth-order valence-electron chi connectivity index (χ4n) is 2.93. The fourth-order valence-corrected chi connectivity index (χ4v) is 2.93. The first kappa shape index (κ1) is 16.0. The Morgan fingerprint density at radius 3 is 2.50 bits per heavy atom. The largest absolute Gasteiger partial charge is 0.332 e. The minimum Gasteiger partial charge on any atom is -0.299 e. The minimum atomic E-state index is -0.377. The average molecular weight is 328 g/mol. The van der Waals surface area contributed by atoms with Crippen molar-refractivity contribution in [3.05, 3.63) is 50.9 Å². The van der Waals surface area contributed by atoms with E-state index in [1.807, 2.05) is 19.9 Å². The van der Waals surface area contributed by atoms with Gasteiger partial charge in [-0.15, -0.1) is 6.58 Å². The molecule has 0 unspecified atom stereocenters. The molecular formula is C16H20N6O2. The van der Waals surface area contributed by atoms with E-state index in [-0.39, 0.29) is 11.2 Å². The minimum absolute atomic E-state index is 0.302. The zero-order chi connectivity index (χ0) is 17.6. The van der Waals surface area contributed by atoms with Crippen LogP contribution in [0.4, 0.5) is 0 Å². The van der Waals surface area contributed by atoms with E-state index in [2.05, 4.69) is 16.7 Å². The highest BCUT2D eigenvalue weighted by Crippen LogP contribution is 2.17. The first-order valence-electron chi connectivity index (χ1n) is 7.75. The number of imidazole rings is 1. The Kier molecular flexibility index (Phi) is 3.75.